The first kappa shape index (κ1) is 13.2. The maximum atomic E-state index is 12.2. The van der Waals surface area contributed by atoms with Crippen molar-refractivity contribution >= 4 is 11.8 Å². The zero-order valence-electron chi connectivity index (χ0n) is 10.2. The molecule has 0 spiro atoms. The Balaban J connectivity index is 2.69. The van der Waals surface area contributed by atoms with Crippen LogP contribution in [-0.2, 0) is 19.1 Å². The van der Waals surface area contributed by atoms with Gasteiger partial charge in [-0.3, -0.25) is 9.59 Å². The molecule has 92 valence electrons. The molecular formula is C12H20O4. The van der Waals surface area contributed by atoms with Crippen molar-refractivity contribution in [3.8, 4) is 0 Å². The van der Waals surface area contributed by atoms with Crippen LogP contribution in [-0.4, -0.2) is 32.1 Å². The van der Waals surface area contributed by atoms with Gasteiger partial charge in [-0.15, -0.1) is 0 Å². The SMILES string of the molecule is COC(=O)C(C(=O)C1CCOCC1)C(C)C. The Bertz CT molecular complexity index is 254. The lowest BCUT2D eigenvalue weighted by atomic mass is 9.82. The molecule has 0 aromatic rings. The highest BCUT2D eigenvalue weighted by atomic mass is 16.5. The average molecular weight is 228 g/mol. The van der Waals surface area contributed by atoms with Gasteiger partial charge in [0.2, 0.25) is 0 Å². The minimum absolute atomic E-state index is 0.0113. The molecule has 1 aliphatic heterocycles. The van der Waals surface area contributed by atoms with Gasteiger partial charge >= 0.3 is 5.97 Å². The van der Waals surface area contributed by atoms with Crippen LogP contribution in [0.3, 0.4) is 0 Å². The number of carbonyl (C=O) groups is 2. The summed E-state index contributed by atoms with van der Waals surface area (Å²) in [5, 5.41) is 0. The fraction of sp³-hybridized carbons (Fsp3) is 0.833. The fourth-order valence-corrected chi connectivity index (χ4v) is 2.08. The molecule has 1 aliphatic rings. The molecule has 0 aromatic carbocycles. The second-order valence-electron chi connectivity index (χ2n) is 4.53. The molecule has 0 bridgehead atoms. The van der Waals surface area contributed by atoms with Crippen molar-refractivity contribution in [2.75, 3.05) is 20.3 Å². The smallest absolute Gasteiger partial charge is 0.316 e. The summed E-state index contributed by atoms with van der Waals surface area (Å²) in [5.74, 6) is -1.06. The predicted octanol–water partition coefficient (Wildman–Crippen LogP) is 1.43. The second-order valence-corrected chi connectivity index (χ2v) is 4.53. The van der Waals surface area contributed by atoms with Gasteiger partial charge in [0.15, 0.2) is 5.78 Å². The lowest BCUT2D eigenvalue weighted by Crippen LogP contribution is -2.36. The normalized spacial score (nSPS) is 19.5. The molecule has 1 fully saturated rings. The van der Waals surface area contributed by atoms with Crippen molar-refractivity contribution in [3.05, 3.63) is 0 Å². The van der Waals surface area contributed by atoms with Crippen LogP contribution in [0.1, 0.15) is 26.7 Å². The molecule has 0 saturated carbocycles. The van der Waals surface area contributed by atoms with E-state index >= 15 is 0 Å². The third-order valence-electron chi connectivity index (χ3n) is 3.05. The maximum Gasteiger partial charge on any atom is 0.316 e. The van der Waals surface area contributed by atoms with E-state index in [1.54, 1.807) is 0 Å². The van der Waals surface area contributed by atoms with Crippen molar-refractivity contribution in [3.63, 3.8) is 0 Å². The molecule has 1 saturated heterocycles. The number of hydrogen-bond donors (Lipinski definition) is 0. The number of Topliss-reactive ketones (excluding diaryl/α,β-unsaturated/α-hetero) is 1. The second kappa shape index (κ2) is 5.99. The largest absolute Gasteiger partial charge is 0.468 e. The van der Waals surface area contributed by atoms with Crippen molar-refractivity contribution in [1.29, 1.82) is 0 Å². The van der Waals surface area contributed by atoms with Gasteiger partial charge in [0.25, 0.3) is 0 Å². The quantitative estimate of drug-likeness (QED) is 0.539. The molecule has 1 heterocycles. The number of hydrogen-bond acceptors (Lipinski definition) is 4. The first-order valence-corrected chi connectivity index (χ1v) is 5.77. The highest BCUT2D eigenvalue weighted by molar-refractivity contribution is 6.00. The summed E-state index contributed by atoms with van der Waals surface area (Å²) in [6.07, 6.45) is 1.44. The van der Waals surface area contributed by atoms with E-state index in [0.29, 0.717) is 13.2 Å². The van der Waals surface area contributed by atoms with Gasteiger partial charge in [-0.05, 0) is 18.8 Å². The molecule has 0 N–H and O–H groups in total. The van der Waals surface area contributed by atoms with Crippen molar-refractivity contribution in [2.45, 2.75) is 26.7 Å². The fourth-order valence-electron chi connectivity index (χ4n) is 2.08. The first-order valence-electron chi connectivity index (χ1n) is 5.77. The zero-order chi connectivity index (χ0) is 12.1. The molecule has 4 nitrogen and oxygen atoms in total. The van der Waals surface area contributed by atoms with E-state index in [4.69, 9.17) is 9.47 Å². The molecule has 16 heavy (non-hydrogen) atoms. The molecule has 0 amide bonds. The van der Waals surface area contributed by atoms with Gasteiger partial charge in [0, 0.05) is 19.1 Å². The number of carbonyl (C=O) groups excluding carboxylic acids is 2. The first-order chi connectivity index (χ1) is 7.57. The van der Waals surface area contributed by atoms with Crippen LogP contribution < -0.4 is 0 Å². The molecule has 0 radical (unpaired) electrons. The number of ketones is 1. The van der Waals surface area contributed by atoms with Crippen LogP contribution in [0.4, 0.5) is 0 Å². The van der Waals surface area contributed by atoms with Gasteiger partial charge in [0.1, 0.15) is 5.92 Å². The summed E-state index contributed by atoms with van der Waals surface area (Å²) in [6.45, 7) is 4.97. The third kappa shape index (κ3) is 3.04. The van der Waals surface area contributed by atoms with Gasteiger partial charge in [0.05, 0.1) is 7.11 Å². The van der Waals surface area contributed by atoms with E-state index in [1.165, 1.54) is 7.11 Å². The monoisotopic (exact) mass is 228 g/mol. The molecule has 1 unspecified atom stereocenters. The van der Waals surface area contributed by atoms with Crippen molar-refractivity contribution in [1.82, 2.24) is 0 Å². The molecule has 4 heteroatoms. The summed E-state index contributed by atoms with van der Waals surface area (Å²) in [6, 6.07) is 0. The van der Waals surface area contributed by atoms with Gasteiger partial charge < -0.3 is 9.47 Å². The molecule has 1 rings (SSSR count). The van der Waals surface area contributed by atoms with Gasteiger partial charge in [-0.2, -0.15) is 0 Å². The van der Waals surface area contributed by atoms with E-state index in [9.17, 15) is 9.59 Å². The minimum Gasteiger partial charge on any atom is -0.468 e. The molecule has 0 aromatic heterocycles. The summed E-state index contributed by atoms with van der Waals surface area (Å²) in [5.41, 5.74) is 0. The van der Waals surface area contributed by atoms with Crippen LogP contribution in [0.2, 0.25) is 0 Å². The van der Waals surface area contributed by atoms with E-state index in [2.05, 4.69) is 0 Å². The Morgan fingerprint density at radius 3 is 2.25 bits per heavy atom. The standard InChI is InChI=1S/C12H20O4/c1-8(2)10(12(14)15-3)11(13)9-4-6-16-7-5-9/h8-10H,4-7H2,1-3H3. The Labute approximate surface area is 96.3 Å². The molecule has 0 aliphatic carbocycles. The van der Waals surface area contributed by atoms with E-state index in [0.717, 1.165) is 12.8 Å². The van der Waals surface area contributed by atoms with Crippen LogP contribution in [0.5, 0.6) is 0 Å². The number of ether oxygens (including phenoxy) is 2. The zero-order valence-corrected chi connectivity index (χ0v) is 10.2. The Morgan fingerprint density at radius 1 is 1.25 bits per heavy atom. The summed E-state index contributed by atoms with van der Waals surface area (Å²) >= 11 is 0. The van der Waals surface area contributed by atoms with Gasteiger partial charge in [-0.1, -0.05) is 13.8 Å². The van der Waals surface area contributed by atoms with Crippen LogP contribution in [0.15, 0.2) is 0 Å². The van der Waals surface area contributed by atoms with Crippen molar-refractivity contribution < 1.29 is 19.1 Å². The number of esters is 1. The van der Waals surface area contributed by atoms with E-state index in [-0.39, 0.29) is 17.6 Å². The lowest BCUT2D eigenvalue weighted by molar-refractivity contribution is -0.153. The highest BCUT2D eigenvalue weighted by Crippen LogP contribution is 2.24. The van der Waals surface area contributed by atoms with Crippen LogP contribution in [0, 0.1) is 17.8 Å². The maximum absolute atomic E-state index is 12.2. The number of rotatable bonds is 4. The predicted molar refractivity (Wildman–Crippen MR) is 58.9 cm³/mol. The minimum atomic E-state index is -0.618. The van der Waals surface area contributed by atoms with Crippen LogP contribution >= 0.6 is 0 Å². The topological polar surface area (TPSA) is 52.6 Å². The molecule has 1 atom stereocenters. The average Bonchev–Trinajstić information content (AvgIpc) is 2.29. The summed E-state index contributed by atoms with van der Waals surface area (Å²) < 4.78 is 9.90. The van der Waals surface area contributed by atoms with Gasteiger partial charge in [-0.25, -0.2) is 0 Å². The Hall–Kier alpha value is -0.900. The van der Waals surface area contributed by atoms with E-state index in [1.807, 2.05) is 13.8 Å². The summed E-state index contributed by atoms with van der Waals surface area (Å²) in [7, 11) is 1.33. The highest BCUT2D eigenvalue weighted by Gasteiger charge is 2.35. The van der Waals surface area contributed by atoms with Crippen molar-refractivity contribution in [2.24, 2.45) is 17.8 Å². The third-order valence-corrected chi connectivity index (χ3v) is 3.05. The summed E-state index contributed by atoms with van der Waals surface area (Å²) in [4.78, 5) is 23.7. The Kier molecular flexibility index (Phi) is 4.93. The lowest BCUT2D eigenvalue weighted by Gasteiger charge is -2.26. The van der Waals surface area contributed by atoms with Crippen LogP contribution in [0.25, 0.3) is 0 Å². The van der Waals surface area contributed by atoms with E-state index < -0.39 is 11.9 Å². The Morgan fingerprint density at radius 2 is 1.81 bits per heavy atom. The number of methoxy groups -OCH3 is 1. The molecular weight excluding hydrogens is 208 g/mol.